The van der Waals surface area contributed by atoms with Crippen molar-refractivity contribution < 1.29 is 32.5 Å². The van der Waals surface area contributed by atoms with Gasteiger partial charge in [0.25, 0.3) is 0 Å². The second kappa shape index (κ2) is 10.4. The molecule has 0 saturated heterocycles. The number of aliphatic hydroxyl groups is 1. The van der Waals surface area contributed by atoms with Crippen molar-refractivity contribution in [3.8, 4) is 11.5 Å². The average Bonchev–Trinajstić information content (AvgIpc) is 2.79. The molecule has 1 atom stereocenters. The number of nitrogens with zero attached hydrogens (tertiary/aromatic N) is 2. The minimum absolute atomic E-state index is 0.0683. The molecule has 4 N–H and O–H groups in total. The molecule has 2 aromatic carbocycles. The van der Waals surface area contributed by atoms with Crippen LogP contribution in [0.2, 0.25) is 0 Å². The fourth-order valence-electron chi connectivity index (χ4n) is 3.70. The molecule has 0 aliphatic carbocycles. The first kappa shape index (κ1) is 27.3. The van der Waals surface area contributed by atoms with Crippen molar-refractivity contribution >= 4 is 22.4 Å². The van der Waals surface area contributed by atoms with Crippen molar-refractivity contribution in [1.29, 1.82) is 0 Å². The SMILES string of the molecule is COCCOc1cc2c(N[C@H](C)c3cc(N)cc(C(F)(F)C(C)(C)O)c3F)nc(C)nc2cc1OC. The van der Waals surface area contributed by atoms with Gasteiger partial charge in [-0.05, 0) is 45.9 Å². The van der Waals surface area contributed by atoms with Gasteiger partial charge in [0.2, 0.25) is 0 Å². The van der Waals surface area contributed by atoms with Crippen LogP contribution >= 0.6 is 0 Å². The van der Waals surface area contributed by atoms with E-state index in [1.54, 1.807) is 33.1 Å². The summed E-state index contributed by atoms with van der Waals surface area (Å²) in [4.78, 5) is 8.87. The summed E-state index contributed by atoms with van der Waals surface area (Å²) in [6, 6.07) is 4.65. The number of ether oxygens (including phenoxy) is 3. The van der Waals surface area contributed by atoms with Gasteiger partial charge in [-0.3, -0.25) is 0 Å². The Morgan fingerprint density at radius 2 is 1.78 bits per heavy atom. The van der Waals surface area contributed by atoms with Crippen molar-refractivity contribution in [2.75, 3.05) is 38.5 Å². The molecule has 0 spiro atoms. The molecule has 0 aliphatic rings. The van der Waals surface area contributed by atoms with E-state index in [4.69, 9.17) is 19.9 Å². The quantitative estimate of drug-likeness (QED) is 0.266. The maximum Gasteiger partial charge on any atom is 0.303 e. The van der Waals surface area contributed by atoms with E-state index in [0.717, 1.165) is 19.9 Å². The number of benzene rings is 2. The van der Waals surface area contributed by atoms with Crippen LogP contribution in [-0.4, -0.2) is 48.1 Å². The molecule has 0 fully saturated rings. The molecule has 1 heterocycles. The van der Waals surface area contributed by atoms with Crippen LogP contribution in [0.4, 0.5) is 24.7 Å². The maximum atomic E-state index is 15.4. The van der Waals surface area contributed by atoms with E-state index in [1.807, 2.05) is 0 Å². The van der Waals surface area contributed by atoms with Crippen molar-refractivity contribution in [1.82, 2.24) is 9.97 Å². The minimum Gasteiger partial charge on any atom is -0.493 e. The van der Waals surface area contributed by atoms with Crippen molar-refractivity contribution in [2.45, 2.75) is 45.3 Å². The second-order valence-electron chi connectivity index (χ2n) is 8.95. The van der Waals surface area contributed by atoms with Gasteiger partial charge in [0.15, 0.2) is 11.5 Å². The van der Waals surface area contributed by atoms with Crippen molar-refractivity contribution in [2.24, 2.45) is 0 Å². The molecule has 3 aromatic rings. The fraction of sp³-hybridized carbons (Fsp3) is 0.440. The van der Waals surface area contributed by atoms with Crippen LogP contribution in [-0.2, 0) is 10.7 Å². The van der Waals surface area contributed by atoms with Crippen molar-refractivity contribution in [3.63, 3.8) is 0 Å². The smallest absolute Gasteiger partial charge is 0.303 e. The standard InChI is InChI=1S/C25H31F3N4O4/c1-13(16-9-15(29)10-18(22(16)26)25(27,28)24(3,4)33)30-23-17-11-21(36-8-7-34-5)20(35-6)12-19(17)31-14(2)32-23/h9-13,33H,7-8,29H2,1-6H3,(H,30,31,32)/t13-/m1/s1. The van der Waals surface area contributed by atoms with Gasteiger partial charge < -0.3 is 30.4 Å². The molecule has 1 aromatic heterocycles. The number of anilines is 2. The first-order chi connectivity index (χ1) is 16.8. The highest BCUT2D eigenvalue weighted by Crippen LogP contribution is 2.43. The highest BCUT2D eigenvalue weighted by Gasteiger charge is 2.49. The van der Waals surface area contributed by atoms with Crippen LogP contribution in [0.25, 0.3) is 10.9 Å². The summed E-state index contributed by atoms with van der Waals surface area (Å²) in [5, 5.41) is 13.6. The van der Waals surface area contributed by atoms with Crippen LogP contribution in [0.15, 0.2) is 24.3 Å². The van der Waals surface area contributed by atoms with Gasteiger partial charge in [-0.25, -0.2) is 14.4 Å². The average molecular weight is 509 g/mol. The first-order valence-corrected chi connectivity index (χ1v) is 11.2. The van der Waals surface area contributed by atoms with Gasteiger partial charge in [-0.2, -0.15) is 8.78 Å². The lowest BCUT2D eigenvalue weighted by atomic mass is 9.90. The van der Waals surface area contributed by atoms with E-state index in [1.165, 1.54) is 13.2 Å². The summed E-state index contributed by atoms with van der Waals surface area (Å²) < 4.78 is 61.3. The highest BCUT2D eigenvalue weighted by atomic mass is 19.3. The Morgan fingerprint density at radius 3 is 2.39 bits per heavy atom. The van der Waals surface area contributed by atoms with Gasteiger partial charge in [0.1, 0.15) is 29.7 Å². The molecule has 36 heavy (non-hydrogen) atoms. The van der Waals surface area contributed by atoms with Crippen LogP contribution < -0.4 is 20.5 Å². The number of rotatable bonds is 10. The molecule has 196 valence electrons. The van der Waals surface area contributed by atoms with E-state index in [-0.39, 0.29) is 17.9 Å². The number of aromatic nitrogens is 2. The number of fused-ring (bicyclic) bond motifs is 1. The third-order valence-corrected chi connectivity index (χ3v) is 5.69. The number of nitrogens with two attached hydrogens (primary N) is 1. The molecule has 0 bridgehead atoms. The Morgan fingerprint density at radius 1 is 1.08 bits per heavy atom. The predicted molar refractivity (Wildman–Crippen MR) is 131 cm³/mol. The van der Waals surface area contributed by atoms with Crippen molar-refractivity contribution in [3.05, 3.63) is 47.0 Å². The van der Waals surface area contributed by atoms with E-state index >= 15 is 4.39 Å². The number of halogens is 3. The van der Waals surface area contributed by atoms with Crippen LogP contribution in [0.1, 0.15) is 43.8 Å². The van der Waals surface area contributed by atoms with Gasteiger partial charge in [-0.15, -0.1) is 0 Å². The zero-order valence-corrected chi connectivity index (χ0v) is 21.1. The minimum atomic E-state index is -3.88. The number of nitrogens with one attached hydrogen (secondary N) is 1. The lowest BCUT2D eigenvalue weighted by molar-refractivity contribution is -0.170. The lowest BCUT2D eigenvalue weighted by Crippen LogP contribution is -2.41. The third kappa shape index (κ3) is 5.41. The molecule has 0 aliphatic heterocycles. The summed E-state index contributed by atoms with van der Waals surface area (Å²) >= 11 is 0. The van der Waals surface area contributed by atoms with E-state index in [9.17, 15) is 13.9 Å². The normalized spacial score (nSPS) is 13.1. The fourth-order valence-corrected chi connectivity index (χ4v) is 3.70. The molecule has 11 heteroatoms. The van der Waals surface area contributed by atoms with E-state index < -0.39 is 28.9 Å². The second-order valence-corrected chi connectivity index (χ2v) is 8.95. The van der Waals surface area contributed by atoms with E-state index in [2.05, 4.69) is 15.3 Å². The summed E-state index contributed by atoms with van der Waals surface area (Å²) in [6.45, 7) is 5.73. The molecule has 0 saturated carbocycles. The zero-order valence-electron chi connectivity index (χ0n) is 21.1. The molecule has 0 amide bonds. The Labute approximate surface area is 207 Å². The largest absolute Gasteiger partial charge is 0.493 e. The summed E-state index contributed by atoms with van der Waals surface area (Å²) in [5.41, 5.74) is 2.72. The Hall–Kier alpha value is -3.31. The monoisotopic (exact) mass is 508 g/mol. The molecule has 8 nitrogen and oxygen atoms in total. The molecular formula is C25H31F3N4O4. The van der Waals surface area contributed by atoms with E-state index in [0.29, 0.717) is 40.7 Å². The first-order valence-electron chi connectivity index (χ1n) is 11.2. The molecule has 0 unspecified atom stereocenters. The van der Waals surface area contributed by atoms with Crippen LogP contribution in [0.5, 0.6) is 11.5 Å². The highest BCUT2D eigenvalue weighted by molar-refractivity contribution is 5.92. The molecular weight excluding hydrogens is 477 g/mol. The Kier molecular flexibility index (Phi) is 7.85. The van der Waals surface area contributed by atoms with Crippen LogP contribution in [0, 0.1) is 12.7 Å². The summed E-state index contributed by atoms with van der Waals surface area (Å²) in [7, 11) is 3.06. The van der Waals surface area contributed by atoms with Gasteiger partial charge in [0, 0.05) is 29.8 Å². The maximum absolute atomic E-state index is 15.4. The zero-order chi connectivity index (χ0) is 26.8. The van der Waals surface area contributed by atoms with Crippen LogP contribution in [0.3, 0.4) is 0 Å². The number of methoxy groups -OCH3 is 2. The summed E-state index contributed by atoms with van der Waals surface area (Å²) in [5.74, 6) is -3.42. The van der Waals surface area contributed by atoms with Gasteiger partial charge in [0.05, 0.1) is 30.8 Å². The Bertz CT molecular complexity index is 1250. The number of hydrogen-bond donors (Lipinski definition) is 3. The van der Waals surface area contributed by atoms with Gasteiger partial charge in [-0.1, -0.05) is 0 Å². The lowest BCUT2D eigenvalue weighted by Gasteiger charge is -2.30. The predicted octanol–water partition coefficient (Wildman–Crippen LogP) is 4.73. The Balaban J connectivity index is 2.07. The number of alkyl halides is 2. The third-order valence-electron chi connectivity index (χ3n) is 5.69. The molecule has 3 rings (SSSR count). The number of aryl methyl sites for hydroxylation is 1. The number of nitrogen functional groups attached to an aromatic ring is 1. The number of hydrogen-bond acceptors (Lipinski definition) is 8. The van der Waals surface area contributed by atoms with Gasteiger partial charge >= 0.3 is 5.92 Å². The summed E-state index contributed by atoms with van der Waals surface area (Å²) in [6.07, 6.45) is 0. The molecule has 0 radical (unpaired) electrons. The topological polar surface area (TPSA) is 112 Å².